The van der Waals surface area contributed by atoms with Crippen LogP contribution >= 0.6 is 0 Å². The Kier molecular flexibility index (Phi) is 5.29. The molecule has 14 heavy (non-hydrogen) atoms. The lowest BCUT2D eigenvalue weighted by atomic mass is 9.99. The third-order valence-corrected chi connectivity index (χ3v) is 2.61. The summed E-state index contributed by atoms with van der Waals surface area (Å²) >= 11 is 0. The molecule has 0 bridgehead atoms. The van der Waals surface area contributed by atoms with Crippen molar-refractivity contribution in [3.05, 3.63) is 28.3 Å². The van der Waals surface area contributed by atoms with E-state index in [1.165, 1.54) is 27.9 Å². The van der Waals surface area contributed by atoms with Crippen molar-refractivity contribution < 1.29 is 0 Å². The second-order valence-electron chi connectivity index (χ2n) is 3.39. The molecule has 0 aliphatic rings. The van der Waals surface area contributed by atoms with E-state index in [0.29, 0.717) is 0 Å². The summed E-state index contributed by atoms with van der Waals surface area (Å²) in [7, 11) is 1.98. The summed E-state index contributed by atoms with van der Waals surface area (Å²) in [6.45, 7) is 12.6. The highest BCUT2D eigenvalue weighted by atomic mass is 14.8. The quantitative estimate of drug-likeness (QED) is 0.711. The molecule has 0 spiro atoms. The van der Waals surface area contributed by atoms with Gasteiger partial charge in [0, 0.05) is 12.7 Å². The van der Waals surface area contributed by atoms with E-state index in [9.17, 15) is 0 Å². The van der Waals surface area contributed by atoms with E-state index in [0.717, 1.165) is 0 Å². The molecule has 1 heteroatoms. The average Bonchev–Trinajstić information content (AvgIpc) is 2.18. The second kappa shape index (κ2) is 5.69. The molecule has 0 heterocycles. The molecule has 0 aromatic heterocycles. The Morgan fingerprint density at radius 1 is 0.857 bits per heavy atom. The summed E-state index contributed by atoms with van der Waals surface area (Å²) in [5.41, 5.74) is 6.75. The first-order valence-electron chi connectivity index (χ1n) is 5.33. The van der Waals surface area contributed by atoms with E-state index < -0.39 is 0 Å². The minimum absolute atomic E-state index is 1.28. The highest BCUT2D eigenvalue weighted by molar-refractivity contribution is 5.60. The molecule has 1 aromatic rings. The fraction of sp³-hybridized carbons (Fsp3) is 0.538. The summed E-state index contributed by atoms with van der Waals surface area (Å²) in [6, 6.07) is 2.23. The van der Waals surface area contributed by atoms with E-state index in [2.05, 4.69) is 39.1 Å². The minimum Gasteiger partial charge on any atom is -0.388 e. The van der Waals surface area contributed by atoms with Crippen LogP contribution in [0.5, 0.6) is 0 Å². The highest BCUT2D eigenvalue weighted by Crippen LogP contribution is 2.25. The molecule has 0 radical (unpaired) electrons. The van der Waals surface area contributed by atoms with E-state index in [1.807, 2.05) is 20.9 Å². The number of hydrogen-bond donors (Lipinski definition) is 1. The topological polar surface area (TPSA) is 12.0 Å². The summed E-state index contributed by atoms with van der Waals surface area (Å²) in [4.78, 5) is 0. The van der Waals surface area contributed by atoms with Gasteiger partial charge >= 0.3 is 0 Å². The molecular weight excluding hydrogens is 170 g/mol. The van der Waals surface area contributed by atoms with Crippen molar-refractivity contribution in [2.75, 3.05) is 12.4 Å². The van der Waals surface area contributed by atoms with Crippen LogP contribution in [0.15, 0.2) is 6.07 Å². The summed E-state index contributed by atoms with van der Waals surface area (Å²) in [6.07, 6.45) is 0. The molecule has 1 rings (SSSR count). The minimum atomic E-state index is 1.28. The van der Waals surface area contributed by atoms with Crippen molar-refractivity contribution in [2.45, 2.75) is 41.5 Å². The van der Waals surface area contributed by atoms with Crippen LogP contribution in [-0.2, 0) is 0 Å². The molecular formula is C13H23N. The van der Waals surface area contributed by atoms with Crippen molar-refractivity contribution in [3.63, 3.8) is 0 Å². The van der Waals surface area contributed by atoms with Crippen LogP contribution in [0, 0.1) is 27.7 Å². The molecule has 80 valence electrons. The maximum absolute atomic E-state index is 3.23. The number of nitrogens with one attached hydrogen (secondary N) is 1. The predicted octanol–water partition coefficient (Wildman–Crippen LogP) is 3.99. The SMILES string of the molecule is CC.CNc1c(C)cc(C)c(C)c1C. The van der Waals surface area contributed by atoms with Crippen LogP contribution in [0.2, 0.25) is 0 Å². The molecule has 0 aliphatic heterocycles. The summed E-state index contributed by atoms with van der Waals surface area (Å²) in [5, 5.41) is 3.23. The second-order valence-corrected chi connectivity index (χ2v) is 3.39. The smallest absolute Gasteiger partial charge is 0.0399 e. The Morgan fingerprint density at radius 3 is 1.79 bits per heavy atom. The predicted molar refractivity (Wildman–Crippen MR) is 66.3 cm³/mol. The first kappa shape index (κ1) is 13.0. The van der Waals surface area contributed by atoms with Crippen LogP contribution in [0.4, 0.5) is 5.69 Å². The average molecular weight is 193 g/mol. The van der Waals surface area contributed by atoms with Gasteiger partial charge in [-0.05, 0) is 49.9 Å². The first-order valence-corrected chi connectivity index (χ1v) is 5.33. The number of anilines is 1. The van der Waals surface area contributed by atoms with E-state index >= 15 is 0 Å². The van der Waals surface area contributed by atoms with Crippen molar-refractivity contribution in [1.82, 2.24) is 0 Å². The van der Waals surface area contributed by atoms with Gasteiger partial charge in [0.05, 0.1) is 0 Å². The van der Waals surface area contributed by atoms with Crippen molar-refractivity contribution in [3.8, 4) is 0 Å². The normalized spacial score (nSPS) is 9.07. The molecule has 0 aliphatic carbocycles. The Hall–Kier alpha value is -0.980. The van der Waals surface area contributed by atoms with Crippen LogP contribution in [0.3, 0.4) is 0 Å². The molecule has 1 aromatic carbocycles. The van der Waals surface area contributed by atoms with Gasteiger partial charge in [-0.3, -0.25) is 0 Å². The molecule has 0 saturated carbocycles. The van der Waals surface area contributed by atoms with E-state index in [4.69, 9.17) is 0 Å². The molecule has 1 N–H and O–H groups in total. The Morgan fingerprint density at radius 2 is 1.36 bits per heavy atom. The van der Waals surface area contributed by atoms with Gasteiger partial charge in [0.1, 0.15) is 0 Å². The Balaban J connectivity index is 0.000000791. The van der Waals surface area contributed by atoms with Gasteiger partial charge in [-0.1, -0.05) is 19.9 Å². The standard InChI is InChI=1S/C11H17N.C2H6/c1-7-6-8(2)11(12-5)10(4)9(7)3;1-2/h6,12H,1-5H3;1-2H3. The van der Waals surface area contributed by atoms with Crippen molar-refractivity contribution in [1.29, 1.82) is 0 Å². The molecule has 0 unspecified atom stereocenters. The van der Waals surface area contributed by atoms with Gasteiger partial charge in [-0.15, -0.1) is 0 Å². The zero-order valence-corrected chi connectivity index (χ0v) is 10.6. The van der Waals surface area contributed by atoms with Gasteiger partial charge in [0.25, 0.3) is 0 Å². The highest BCUT2D eigenvalue weighted by Gasteiger charge is 2.05. The zero-order chi connectivity index (χ0) is 11.3. The van der Waals surface area contributed by atoms with Gasteiger partial charge in [-0.25, -0.2) is 0 Å². The third-order valence-electron chi connectivity index (χ3n) is 2.61. The van der Waals surface area contributed by atoms with Gasteiger partial charge in [-0.2, -0.15) is 0 Å². The lowest BCUT2D eigenvalue weighted by Crippen LogP contribution is -1.98. The number of hydrogen-bond acceptors (Lipinski definition) is 1. The zero-order valence-electron chi connectivity index (χ0n) is 10.6. The van der Waals surface area contributed by atoms with Crippen LogP contribution in [-0.4, -0.2) is 7.05 Å². The summed E-state index contributed by atoms with van der Waals surface area (Å²) in [5.74, 6) is 0. The molecule has 0 saturated heterocycles. The number of benzene rings is 1. The maximum Gasteiger partial charge on any atom is 0.0399 e. The maximum atomic E-state index is 3.23. The fourth-order valence-electron chi connectivity index (χ4n) is 1.67. The lowest BCUT2D eigenvalue weighted by Gasteiger charge is -2.13. The molecule has 1 nitrogen and oxygen atoms in total. The van der Waals surface area contributed by atoms with Crippen LogP contribution < -0.4 is 5.32 Å². The monoisotopic (exact) mass is 193 g/mol. The molecule has 0 amide bonds. The third kappa shape index (κ3) is 2.50. The van der Waals surface area contributed by atoms with E-state index in [-0.39, 0.29) is 0 Å². The van der Waals surface area contributed by atoms with Crippen molar-refractivity contribution >= 4 is 5.69 Å². The largest absolute Gasteiger partial charge is 0.388 e. The van der Waals surface area contributed by atoms with Crippen LogP contribution in [0.25, 0.3) is 0 Å². The lowest BCUT2D eigenvalue weighted by molar-refractivity contribution is 1.22. The van der Waals surface area contributed by atoms with Crippen LogP contribution in [0.1, 0.15) is 36.1 Å². The first-order chi connectivity index (χ1) is 6.57. The number of rotatable bonds is 1. The Bertz CT molecular complexity index is 301. The fourth-order valence-corrected chi connectivity index (χ4v) is 1.67. The number of aryl methyl sites for hydroxylation is 2. The van der Waals surface area contributed by atoms with Gasteiger partial charge in [0.2, 0.25) is 0 Å². The molecule has 0 fully saturated rings. The van der Waals surface area contributed by atoms with Gasteiger partial charge in [0.15, 0.2) is 0 Å². The van der Waals surface area contributed by atoms with Crippen molar-refractivity contribution in [2.24, 2.45) is 0 Å². The van der Waals surface area contributed by atoms with E-state index in [1.54, 1.807) is 0 Å². The Labute approximate surface area is 88.5 Å². The molecule has 0 atom stereocenters. The summed E-state index contributed by atoms with van der Waals surface area (Å²) < 4.78 is 0. The van der Waals surface area contributed by atoms with Gasteiger partial charge < -0.3 is 5.32 Å².